The van der Waals surface area contributed by atoms with Gasteiger partial charge in [0.15, 0.2) is 0 Å². The molecule has 4 rings (SSSR count). The van der Waals surface area contributed by atoms with Crippen LogP contribution in [0.4, 0.5) is 4.79 Å². The molecule has 0 radical (unpaired) electrons. The number of piperidine rings is 1. The lowest BCUT2D eigenvalue weighted by atomic mass is 10.0. The van der Waals surface area contributed by atoms with Gasteiger partial charge in [-0.2, -0.15) is 0 Å². The maximum atomic E-state index is 13.0. The van der Waals surface area contributed by atoms with Gasteiger partial charge in [-0.3, -0.25) is 4.90 Å². The molecule has 2 aromatic heterocycles. The summed E-state index contributed by atoms with van der Waals surface area (Å²) in [6.45, 7) is 3.75. The van der Waals surface area contributed by atoms with Gasteiger partial charge in [-0.05, 0) is 42.7 Å². The summed E-state index contributed by atoms with van der Waals surface area (Å²) in [5.74, 6) is 1.51. The van der Waals surface area contributed by atoms with Gasteiger partial charge < -0.3 is 19.1 Å². The number of carbonyl (C=O) groups is 1. The monoisotopic (exact) mass is 393 g/mol. The Hall–Kier alpha value is -2.99. The van der Waals surface area contributed by atoms with E-state index in [4.69, 9.17) is 8.83 Å². The SMILES string of the molecule is O=C(NC1CCN(Cc2ccccc2)CC1)N(Cc1ccco1)Cc1ccco1. The highest BCUT2D eigenvalue weighted by molar-refractivity contribution is 5.74. The predicted octanol–water partition coefficient (Wildman–Crippen LogP) is 4.25. The van der Waals surface area contributed by atoms with Crippen molar-refractivity contribution in [2.24, 2.45) is 0 Å². The number of urea groups is 1. The third-order valence-electron chi connectivity index (χ3n) is 5.30. The second-order valence-electron chi connectivity index (χ2n) is 7.50. The van der Waals surface area contributed by atoms with Crippen LogP contribution in [0.3, 0.4) is 0 Å². The summed E-state index contributed by atoms with van der Waals surface area (Å²) in [6, 6.07) is 18.1. The molecule has 0 bridgehead atoms. The molecule has 0 saturated carbocycles. The quantitative estimate of drug-likeness (QED) is 0.652. The topological polar surface area (TPSA) is 61.9 Å². The van der Waals surface area contributed by atoms with Gasteiger partial charge in [0.2, 0.25) is 0 Å². The Morgan fingerprint density at radius 2 is 1.55 bits per heavy atom. The zero-order valence-corrected chi connectivity index (χ0v) is 16.5. The predicted molar refractivity (Wildman–Crippen MR) is 110 cm³/mol. The molecule has 3 heterocycles. The van der Waals surface area contributed by atoms with Crippen molar-refractivity contribution >= 4 is 6.03 Å². The minimum absolute atomic E-state index is 0.0840. The summed E-state index contributed by atoms with van der Waals surface area (Å²) in [5.41, 5.74) is 1.33. The largest absolute Gasteiger partial charge is 0.467 e. The smallest absolute Gasteiger partial charge is 0.318 e. The van der Waals surface area contributed by atoms with E-state index in [9.17, 15) is 4.79 Å². The van der Waals surface area contributed by atoms with Crippen LogP contribution in [0.25, 0.3) is 0 Å². The van der Waals surface area contributed by atoms with E-state index in [0.717, 1.165) is 44.0 Å². The van der Waals surface area contributed by atoms with E-state index in [2.05, 4.69) is 34.5 Å². The third-order valence-corrected chi connectivity index (χ3v) is 5.30. The van der Waals surface area contributed by atoms with Crippen LogP contribution in [0.5, 0.6) is 0 Å². The van der Waals surface area contributed by atoms with Gasteiger partial charge >= 0.3 is 6.03 Å². The molecule has 1 aromatic carbocycles. The fourth-order valence-corrected chi connectivity index (χ4v) is 3.72. The van der Waals surface area contributed by atoms with Gasteiger partial charge in [-0.15, -0.1) is 0 Å². The van der Waals surface area contributed by atoms with Crippen molar-refractivity contribution in [3.8, 4) is 0 Å². The zero-order chi connectivity index (χ0) is 19.9. The lowest BCUT2D eigenvalue weighted by Crippen LogP contribution is -2.48. The van der Waals surface area contributed by atoms with E-state index in [-0.39, 0.29) is 12.1 Å². The number of hydrogen-bond donors (Lipinski definition) is 1. The molecule has 0 aliphatic carbocycles. The highest BCUT2D eigenvalue weighted by atomic mass is 16.3. The lowest BCUT2D eigenvalue weighted by Gasteiger charge is -2.33. The molecule has 1 aliphatic rings. The Labute approximate surface area is 171 Å². The maximum absolute atomic E-state index is 13.0. The van der Waals surface area contributed by atoms with E-state index in [1.807, 2.05) is 30.3 Å². The second-order valence-corrected chi connectivity index (χ2v) is 7.50. The molecule has 0 atom stereocenters. The molecule has 3 aromatic rings. The third kappa shape index (κ3) is 5.51. The molecule has 1 fully saturated rings. The minimum atomic E-state index is -0.0840. The fraction of sp³-hybridized carbons (Fsp3) is 0.348. The summed E-state index contributed by atoms with van der Waals surface area (Å²) in [6.07, 6.45) is 5.16. The Bertz CT molecular complexity index is 818. The molecule has 152 valence electrons. The molecular weight excluding hydrogens is 366 g/mol. The summed E-state index contributed by atoms with van der Waals surface area (Å²) < 4.78 is 10.9. The number of nitrogens with one attached hydrogen (secondary N) is 1. The molecule has 1 aliphatic heterocycles. The summed E-state index contributed by atoms with van der Waals surface area (Å²) in [7, 11) is 0. The van der Waals surface area contributed by atoms with Crippen LogP contribution < -0.4 is 5.32 Å². The van der Waals surface area contributed by atoms with E-state index < -0.39 is 0 Å². The Balaban J connectivity index is 1.30. The highest BCUT2D eigenvalue weighted by Crippen LogP contribution is 2.16. The number of nitrogens with zero attached hydrogens (tertiary/aromatic N) is 2. The Morgan fingerprint density at radius 3 is 2.10 bits per heavy atom. The number of rotatable bonds is 7. The van der Waals surface area contributed by atoms with Crippen molar-refractivity contribution in [1.82, 2.24) is 15.1 Å². The summed E-state index contributed by atoms with van der Waals surface area (Å²) >= 11 is 0. The molecule has 6 heteroatoms. The molecule has 0 unspecified atom stereocenters. The Morgan fingerprint density at radius 1 is 0.931 bits per heavy atom. The standard InChI is InChI=1S/C23H27N3O3/c27-23(26(17-21-8-4-14-28-21)18-22-9-5-15-29-22)24-20-10-12-25(13-11-20)16-19-6-2-1-3-7-19/h1-9,14-15,20H,10-13,16-18H2,(H,24,27). The van der Waals surface area contributed by atoms with Crippen LogP contribution in [0.2, 0.25) is 0 Å². The molecule has 2 amide bonds. The number of hydrogen-bond acceptors (Lipinski definition) is 4. The lowest BCUT2D eigenvalue weighted by molar-refractivity contribution is 0.159. The molecular formula is C23H27N3O3. The number of likely N-dealkylation sites (tertiary alicyclic amines) is 1. The van der Waals surface area contributed by atoms with Crippen LogP contribution in [0.15, 0.2) is 76.0 Å². The van der Waals surface area contributed by atoms with Crippen molar-refractivity contribution in [2.45, 2.75) is 38.5 Å². The van der Waals surface area contributed by atoms with Gasteiger partial charge in [0, 0.05) is 25.7 Å². The normalized spacial score (nSPS) is 15.3. The van der Waals surface area contributed by atoms with Crippen LogP contribution in [-0.2, 0) is 19.6 Å². The van der Waals surface area contributed by atoms with Crippen LogP contribution in [-0.4, -0.2) is 35.0 Å². The van der Waals surface area contributed by atoms with Crippen molar-refractivity contribution in [3.05, 3.63) is 84.2 Å². The maximum Gasteiger partial charge on any atom is 0.318 e. The molecule has 0 spiro atoms. The van der Waals surface area contributed by atoms with E-state index in [0.29, 0.717) is 13.1 Å². The van der Waals surface area contributed by atoms with Gasteiger partial charge in [0.1, 0.15) is 11.5 Å². The average molecular weight is 393 g/mol. The first kappa shape index (κ1) is 19.3. The van der Waals surface area contributed by atoms with Gasteiger partial charge in [-0.25, -0.2) is 4.79 Å². The first-order valence-electron chi connectivity index (χ1n) is 10.1. The van der Waals surface area contributed by atoms with Gasteiger partial charge in [0.05, 0.1) is 25.6 Å². The van der Waals surface area contributed by atoms with Crippen molar-refractivity contribution < 1.29 is 13.6 Å². The summed E-state index contributed by atoms with van der Waals surface area (Å²) in [5, 5.41) is 3.21. The van der Waals surface area contributed by atoms with Crippen LogP contribution in [0.1, 0.15) is 29.9 Å². The first-order chi connectivity index (χ1) is 14.3. The average Bonchev–Trinajstić information content (AvgIpc) is 3.44. The van der Waals surface area contributed by atoms with Crippen LogP contribution >= 0.6 is 0 Å². The number of carbonyl (C=O) groups excluding carboxylic acids is 1. The van der Waals surface area contributed by atoms with E-state index in [1.54, 1.807) is 17.4 Å². The van der Waals surface area contributed by atoms with E-state index in [1.165, 1.54) is 5.56 Å². The molecule has 1 N–H and O–H groups in total. The minimum Gasteiger partial charge on any atom is -0.467 e. The fourth-order valence-electron chi connectivity index (χ4n) is 3.72. The second kappa shape index (κ2) is 9.47. The zero-order valence-electron chi connectivity index (χ0n) is 16.5. The molecule has 6 nitrogen and oxygen atoms in total. The molecule has 1 saturated heterocycles. The number of amides is 2. The number of furan rings is 2. The van der Waals surface area contributed by atoms with Gasteiger partial charge in [0.25, 0.3) is 0 Å². The highest BCUT2D eigenvalue weighted by Gasteiger charge is 2.24. The Kier molecular flexibility index (Phi) is 6.32. The van der Waals surface area contributed by atoms with Crippen LogP contribution in [0, 0.1) is 0 Å². The summed E-state index contributed by atoms with van der Waals surface area (Å²) in [4.78, 5) is 17.1. The van der Waals surface area contributed by atoms with Crippen molar-refractivity contribution in [3.63, 3.8) is 0 Å². The van der Waals surface area contributed by atoms with E-state index >= 15 is 0 Å². The number of benzene rings is 1. The molecule has 29 heavy (non-hydrogen) atoms. The van der Waals surface area contributed by atoms with Crippen molar-refractivity contribution in [2.75, 3.05) is 13.1 Å². The first-order valence-corrected chi connectivity index (χ1v) is 10.1. The van der Waals surface area contributed by atoms with Crippen molar-refractivity contribution in [1.29, 1.82) is 0 Å². The van der Waals surface area contributed by atoms with Gasteiger partial charge in [-0.1, -0.05) is 30.3 Å².